The molecule has 0 amide bonds. The van der Waals surface area contributed by atoms with Gasteiger partial charge in [-0.2, -0.15) is 11.8 Å². The summed E-state index contributed by atoms with van der Waals surface area (Å²) in [7, 11) is 0. The van der Waals surface area contributed by atoms with E-state index in [2.05, 4.69) is 6.92 Å². The molecule has 0 fully saturated rings. The number of aryl methyl sites for hydroxylation is 1. The van der Waals surface area contributed by atoms with E-state index in [1.165, 1.54) is 11.3 Å². The zero-order chi connectivity index (χ0) is 12.1. The summed E-state index contributed by atoms with van der Waals surface area (Å²) >= 11 is 3.11. The van der Waals surface area contributed by atoms with Crippen LogP contribution in [0, 0.1) is 6.92 Å². The van der Waals surface area contributed by atoms with E-state index < -0.39 is 5.97 Å². The van der Waals surface area contributed by atoms with E-state index in [9.17, 15) is 4.79 Å². The van der Waals surface area contributed by atoms with E-state index in [0.717, 1.165) is 28.4 Å². The summed E-state index contributed by atoms with van der Waals surface area (Å²) < 4.78 is 0. The molecular weight excluding hydrogens is 242 g/mol. The predicted molar refractivity (Wildman–Crippen MR) is 70.4 cm³/mol. The summed E-state index contributed by atoms with van der Waals surface area (Å²) in [5, 5.41) is 8.86. The number of thiophene rings is 1. The third kappa shape index (κ3) is 3.81. The Hall–Kier alpha value is -0.520. The molecule has 0 aliphatic rings. The number of nitrogens with two attached hydrogens (primary N) is 1. The van der Waals surface area contributed by atoms with Crippen LogP contribution in [0.1, 0.15) is 33.5 Å². The number of hydrogen-bond acceptors (Lipinski definition) is 4. The van der Waals surface area contributed by atoms with Gasteiger partial charge in [0.25, 0.3) is 0 Å². The van der Waals surface area contributed by atoms with Crippen LogP contribution in [0.3, 0.4) is 0 Å². The molecule has 1 rings (SSSR count). The number of aromatic carboxylic acids is 1. The fourth-order valence-electron chi connectivity index (χ4n) is 1.21. The fraction of sp³-hybridized carbons (Fsp3) is 0.545. The molecule has 0 saturated heterocycles. The van der Waals surface area contributed by atoms with Gasteiger partial charge in [-0.3, -0.25) is 0 Å². The molecule has 16 heavy (non-hydrogen) atoms. The smallest absolute Gasteiger partial charge is 0.345 e. The second-order valence-electron chi connectivity index (χ2n) is 3.68. The molecule has 1 aromatic heterocycles. The van der Waals surface area contributed by atoms with Gasteiger partial charge in [0.05, 0.1) is 0 Å². The van der Waals surface area contributed by atoms with Gasteiger partial charge in [-0.1, -0.05) is 6.92 Å². The van der Waals surface area contributed by atoms with Crippen molar-refractivity contribution in [3.63, 3.8) is 0 Å². The third-order valence-corrected chi connectivity index (χ3v) is 4.60. The van der Waals surface area contributed by atoms with Crippen LogP contribution in [0.15, 0.2) is 6.07 Å². The summed E-state index contributed by atoms with van der Waals surface area (Å²) in [6, 6.07) is 2.01. The standard InChI is InChI=1S/C11H17NO2S2/c1-3-9(12)6-15-5-8-4-10(11(13)14)16-7(8)2/h4,9H,3,5-6,12H2,1-2H3,(H,13,14). The van der Waals surface area contributed by atoms with Crippen LogP contribution in [-0.4, -0.2) is 22.9 Å². The highest BCUT2D eigenvalue weighted by Gasteiger charge is 2.11. The number of hydrogen-bond donors (Lipinski definition) is 2. The number of carboxylic acids is 1. The largest absolute Gasteiger partial charge is 0.477 e. The van der Waals surface area contributed by atoms with Gasteiger partial charge in [0, 0.05) is 22.4 Å². The predicted octanol–water partition coefficient (Wildman–Crippen LogP) is 2.73. The van der Waals surface area contributed by atoms with Crippen molar-refractivity contribution in [2.45, 2.75) is 32.1 Å². The van der Waals surface area contributed by atoms with E-state index in [1.54, 1.807) is 17.8 Å². The normalized spacial score (nSPS) is 12.7. The Kier molecular flexibility index (Phi) is 5.31. The van der Waals surface area contributed by atoms with Crippen molar-refractivity contribution in [1.82, 2.24) is 0 Å². The summed E-state index contributed by atoms with van der Waals surface area (Å²) in [6.07, 6.45) is 0.982. The highest BCUT2D eigenvalue weighted by molar-refractivity contribution is 7.98. The van der Waals surface area contributed by atoms with Crippen LogP contribution >= 0.6 is 23.1 Å². The lowest BCUT2D eigenvalue weighted by Gasteiger charge is -2.07. The highest BCUT2D eigenvalue weighted by atomic mass is 32.2. The lowest BCUT2D eigenvalue weighted by molar-refractivity contribution is 0.0702. The first-order valence-corrected chi connectivity index (χ1v) is 7.17. The molecule has 1 heterocycles. The Morgan fingerprint density at radius 1 is 1.69 bits per heavy atom. The molecule has 0 bridgehead atoms. The molecule has 3 N–H and O–H groups in total. The molecule has 1 atom stereocenters. The first-order valence-electron chi connectivity index (χ1n) is 5.20. The van der Waals surface area contributed by atoms with Gasteiger partial charge in [0.1, 0.15) is 4.88 Å². The topological polar surface area (TPSA) is 63.3 Å². The van der Waals surface area contributed by atoms with Crippen LogP contribution < -0.4 is 5.73 Å². The fourth-order valence-corrected chi connectivity index (χ4v) is 3.35. The molecule has 3 nitrogen and oxygen atoms in total. The molecule has 0 aliphatic heterocycles. The van der Waals surface area contributed by atoms with E-state index in [4.69, 9.17) is 10.8 Å². The van der Waals surface area contributed by atoms with Gasteiger partial charge >= 0.3 is 5.97 Å². The van der Waals surface area contributed by atoms with Crippen molar-refractivity contribution in [2.75, 3.05) is 5.75 Å². The second-order valence-corrected chi connectivity index (χ2v) is 5.97. The average molecular weight is 259 g/mol. The van der Waals surface area contributed by atoms with Crippen LogP contribution in [0.4, 0.5) is 0 Å². The van der Waals surface area contributed by atoms with Crippen molar-refractivity contribution in [3.8, 4) is 0 Å². The monoisotopic (exact) mass is 259 g/mol. The van der Waals surface area contributed by atoms with Gasteiger partial charge in [-0.25, -0.2) is 4.79 Å². The molecule has 0 spiro atoms. The first kappa shape index (κ1) is 13.5. The number of carboxylic acid groups (broad SMARTS) is 1. The molecule has 5 heteroatoms. The van der Waals surface area contributed by atoms with E-state index in [1.807, 2.05) is 6.92 Å². The quantitative estimate of drug-likeness (QED) is 0.824. The summed E-state index contributed by atoms with van der Waals surface area (Å²) in [4.78, 5) is 12.3. The van der Waals surface area contributed by atoms with E-state index in [-0.39, 0.29) is 6.04 Å². The van der Waals surface area contributed by atoms with Gasteiger partial charge < -0.3 is 10.8 Å². The minimum absolute atomic E-state index is 0.239. The Balaban J connectivity index is 2.51. The maximum atomic E-state index is 10.8. The van der Waals surface area contributed by atoms with Crippen LogP contribution in [0.25, 0.3) is 0 Å². The van der Waals surface area contributed by atoms with Crippen molar-refractivity contribution in [2.24, 2.45) is 5.73 Å². The van der Waals surface area contributed by atoms with Gasteiger partial charge in [0.15, 0.2) is 0 Å². The first-order chi connectivity index (χ1) is 7.54. The van der Waals surface area contributed by atoms with Gasteiger partial charge in [0.2, 0.25) is 0 Å². The maximum absolute atomic E-state index is 10.8. The van der Waals surface area contributed by atoms with Crippen LogP contribution in [0.5, 0.6) is 0 Å². The minimum atomic E-state index is -0.838. The SMILES string of the molecule is CCC(N)CSCc1cc(C(=O)O)sc1C. The lowest BCUT2D eigenvalue weighted by atomic mass is 10.3. The summed E-state index contributed by atoms with van der Waals surface area (Å²) in [6.45, 7) is 4.04. The number of rotatable bonds is 6. The maximum Gasteiger partial charge on any atom is 0.345 e. The molecule has 0 saturated carbocycles. The van der Waals surface area contributed by atoms with Crippen molar-refractivity contribution in [1.29, 1.82) is 0 Å². The average Bonchev–Trinajstić information content (AvgIpc) is 2.60. The zero-order valence-corrected chi connectivity index (χ0v) is 11.2. The molecule has 1 aromatic rings. The van der Waals surface area contributed by atoms with Crippen molar-refractivity contribution < 1.29 is 9.90 Å². The van der Waals surface area contributed by atoms with Crippen LogP contribution in [0.2, 0.25) is 0 Å². The van der Waals surface area contributed by atoms with Gasteiger partial charge in [-0.15, -0.1) is 11.3 Å². The molecule has 90 valence electrons. The lowest BCUT2D eigenvalue weighted by Crippen LogP contribution is -2.21. The minimum Gasteiger partial charge on any atom is -0.477 e. The number of thioether (sulfide) groups is 1. The molecule has 0 aliphatic carbocycles. The molecule has 0 radical (unpaired) electrons. The second kappa shape index (κ2) is 6.27. The van der Waals surface area contributed by atoms with Gasteiger partial charge in [-0.05, 0) is 25.0 Å². The Bertz CT molecular complexity index is 363. The summed E-state index contributed by atoms with van der Waals surface area (Å²) in [5.74, 6) is 0.937. The van der Waals surface area contributed by atoms with E-state index >= 15 is 0 Å². The van der Waals surface area contributed by atoms with Crippen molar-refractivity contribution >= 4 is 29.1 Å². The van der Waals surface area contributed by atoms with Crippen LogP contribution in [-0.2, 0) is 5.75 Å². The zero-order valence-electron chi connectivity index (χ0n) is 9.53. The Morgan fingerprint density at radius 2 is 2.38 bits per heavy atom. The molecule has 1 unspecified atom stereocenters. The van der Waals surface area contributed by atoms with Crippen molar-refractivity contribution in [3.05, 3.63) is 21.4 Å². The molecule has 0 aromatic carbocycles. The summed E-state index contributed by atoms with van der Waals surface area (Å²) in [5.41, 5.74) is 6.94. The van der Waals surface area contributed by atoms with E-state index in [0.29, 0.717) is 4.88 Å². The molecular formula is C11H17NO2S2. The Morgan fingerprint density at radius 3 is 2.88 bits per heavy atom. The third-order valence-electron chi connectivity index (χ3n) is 2.35. The Labute approximate surface area is 104 Å². The highest BCUT2D eigenvalue weighted by Crippen LogP contribution is 2.25. The number of carbonyl (C=O) groups is 1.